The molecule has 0 saturated heterocycles. The molecule has 0 aromatic heterocycles. The van der Waals surface area contributed by atoms with E-state index in [0.29, 0.717) is 11.1 Å². The Morgan fingerprint density at radius 1 is 0.667 bits per heavy atom. The van der Waals surface area contributed by atoms with Gasteiger partial charge < -0.3 is 0 Å². The molecule has 3 heteroatoms. The third kappa shape index (κ3) is 5.20. The van der Waals surface area contributed by atoms with E-state index in [1.807, 2.05) is 76.0 Å². The van der Waals surface area contributed by atoms with Crippen LogP contribution in [-0.4, -0.2) is 0 Å². The van der Waals surface area contributed by atoms with Crippen LogP contribution in [0.3, 0.4) is 0 Å². The Balaban J connectivity index is 0.000000313. The van der Waals surface area contributed by atoms with E-state index in [-0.39, 0.29) is 17.1 Å². The van der Waals surface area contributed by atoms with Crippen molar-refractivity contribution in [1.29, 1.82) is 10.5 Å². The number of benzene rings is 1. The minimum atomic E-state index is 0. The monoisotopic (exact) mass is 312 g/mol. The molecule has 21 heavy (non-hydrogen) atoms. The van der Waals surface area contributed by atoms with Crippen LogP contribution in [0.2, 0.25) is 0 Å². The van der Waals surface area contributed by atoms with Gasteiger partial charge in [-0.3, -0.25) is 0 Å². The van der Waals surface area contributed by atoms with Crippen molar-refractivity contribution in [1.82, 2.24) is 0 Å². The molecule has 0 aliphatic heterocycles. The maximum atomic E-state index is 8.87. The summed E-state index contributed by atoms with van der Waals surface area (Å²) in [5.74, 6) is 1.07. The second kappa shape index (κ2) is 9.62. The minimum Gasteiger partial charge on any atom is -0.192 e. The summed E-state index contributed by atoms with van der Waals surface area (Å²) < 4.78 is 0. The van der Waals surface area contributed by atoms with Crippen molar-refractivity contribution in [2.24, 2.45) is 0 Å². The molecule has 3 rings (SSSR count). The quantitative estimate of drug-likeness (QED) is 0.748. The second-order valence-electron chi connectivity index (χ2n) is 4.12. The molecule has 0 spiro atoms. The summed E-state index contributed by atoms with van der Waals surface area (Å²) in [6.45, 7) is 0. The summed E-state index contributed by atoms with van der Waals surface area (Å²) in [6, 6.07) is 9.30. The first-order chi connectivity index (χ1) is 9.85. The van der Waals surface area contributed by atoms with Gasteiger partial charge in [0.25, 0.3) is 0 Å². The van der Waals surface area contributed by atoms with Crippen LogP contribution in [-0.2, 0) is 17.1 Å². The molecule has 0 bridgehead atoms. The van der Waals surface area contributed by atoms with E-state index >= 15 is 0 Å². The Bertz CT molecular complexity index is 507. The van der Waals surface area contributed by atoms with Crippen molar-refractivity contribution in [2.45, 2.75) is 0 Å². The molecule has 1 aromatic carbocycles. The SMILES string of the molecule is N#Cc1ccc([C]2[CH][CH][CH][CH]2)cc1C#N.[CH]1[CH][CH][CH][CH]1.[Fe]. The number of nitrogens with zero attached hydrogens (tertiary/aromatic N) is 2. The Morgan fingerprint density at radius 3 is 1.67 bits per heavy atom. The van der Waals surface area contributed by atoms with Gasteiger partial charge in [0, 0.05) is 23.0 Å². The number of hydrogen-bond acceptors (Lipinski definition) is 2. The van der Waals surface area contributed by atoms with Crippen molar-refractivity contribution in [3.05, 3.63) is 98.6 Å². The molecule has 0 N–H and O–H groups in total. The average molecular weight is 312 g/mol. The molecule has 1 aromatic rings. The molecule has 2 saturated carbocycles. The first-order valence-electron chi connectivity index (χ1n) is 6.18. The molecule has 0 heterocycles. The van der Waals surface area contributed by atoms with Gasteiger partial charge in [0.15, 0.2) is 0 Å². The van der Waals surface area contributed by atoms with E-state index < -0.39 is 0 Å². The van der Waals surface area contributed by atoms with Gasteiger partial charge in [0.1, 0.15) is 12.1 Å². The topological polar surface area (TPSA) is 47.6 Å². The predicted octanol–water partition coefficient (Wildman–Crippen LogP) is 3.20. The summed E-state index contributed by atoms with van der Waals surface area (Å²) in [5, 5.41) is 17.6. The van der Waals surface area contributed by atoms with Gasteiger partial charge in [-0.2, -0.15) is 10.5 Å². The molecule has 10 radical (unpaired) electrons. The smallest absolute Gasteiger partial charge is 0.101 e. The average Bonchev–Trinajstić information content (AvgIpc) is 3.21. The zero-order valence-corrected chi connectivity index (χ0v) is 12.3. The van der Waals surface area contributed by atoms with Crippen molar-refractivity contribution in [3.8, 4) is 12.1 Å². The number of nitriles is 2. The van der Waals surface area contributed by atoms with Crippen molar-refractivity contribution >= 4 is 0 Å². The molecule has 102 valence electrons. The van der Waals surface area contributed by atoms with Crippen LogP contribution in [0.25, 0.3) is 0 Å². The first kappa shape index (κ1) is 17.8. The van der Waals surface area contributed by atoms with E-state index in [0.717, 1.165) is 11.5 Å². The van der Waals surface area contributed by atoms with Gasteiger partial charge >= 0.3 is 0 Å². The van der Waals surface area contributed by atoms with E-state index in [9.17, 15) is 0 Å². The summed E-state index contributed by atoms with van der Waals surface area (Å²) >= 11 is 0. The Labute approximate surface area is 138 Å². The largest absolute Gasteiger partial charge is 0.192 e. The summed E-state index contributed by atoms with van der Waals surface area (Å²) in [4.78, 5) is 0. The minimum absolute atomic E-state index is 0. The van der Waals surface area contributed by atoms with Gasteiger partial charge in [-0.1, -0.05) is 6.07 Å². The van der Waals surface area contributed by atoms with Gasteiger partial charge in [-0.25, -0.2) is 0 Å². The zero-order chi connectivity index (χ0) is 14.2. The maximum Gasteiger partial charge on any atom is 0.101 e. The number of rotatable bonds is 1. The van der Waals surface area contributed by atoms with Crippen LogP contribution in [0.5, 0.6) is 0 Å². The summed E-state index contributed by atoms with van der Waals surface area (Å²) in [7, 11) is 0. The van der Waals surface area contributed by atoms with E-state index in [1.54, 1.807) is 12.1 Å². The normalized spacial score (nSPS) is 17.0. The molecule has 0 unspecified atom stereocenters. The van der Waals surface area contributed by atoms with Crippen LogP contribution in [0, 0.1) is 86.4 Å². The fraction of sp³-hybridized carbons (Fsp3) is 0. The fourth-order valence-corrected chi connectivity index (χ4v) is 1.80. The number of hydrogen-bond donors (Lipinski definition) is 0. The van der Waals surface area contributed by atoms with Crippen molar-refractivity contribution in [3.63, 3.8) is 0 Å². The predicted molar refractivity (Wildman–Crippen MR) is 76.9 cm³/mol. The Kier molecular flexibility index (Phi) is 8.14. The molecule has 2 fully saturated rings. The fourth-order valence-electron chi connectivity index (χ4n) is 1.80. The van der Waals surface area contributed by atoms with Crippen LogP contribution in [0.15, 0.2) is 18.2 Å². The van der Waals surface area contributed by atoms with Crippen LogP contribution < -0.4 is 0 Å². The second-order valence-corrected chi connectivity index (χ2v) is 4.12. The van der Waals surface area contributed by atoms with Crippen LogP contribution >= 0.6 is 0 Å². The van der Waals surface area contributed by atoms with Crippen molar-refractivity contribution in [2.75, 3.05) is 0 Å². The summed E-state index contributed by atoms with van der Waals surface area (Å²) in [6.07, 6.45) is 17.8. The zero-order valence-electron chi connectivity index (χ0n) is 11.2. The van der Waals surface area contributed by atoms with Gasteiger partial charge in [-0.05, 0) is 75.5 Å². The Hall–Kier alpha value is -1.28. The standard InChI is InChI=1S/C13H7N2.C5H5.Fe/c14-8-12-6-5-11(7-13(12)9-15)10-3-1-2-4-10;1-2-4-5-3-1;/h1-7H;1-5H;. The molecule has 2 aliphatic rings. The molecule has 0 amide bonds. The van der Waals surface area contributed by atoms with Gasteiger partial charge in [0.05, 0.1) is 11.1 Å². The van der Waals surface area contributed by atoms with Gasteiger partial charge in [-0.15, -0.1) is 0 Å². The van der Waals surface area contributed by atoms with E-state index in [2.05, 4.69) is 0 Å². The molecular weight excluding hydrogens is 300 g/mol. The summed E-state index contributed by atoms with van der Waals surface area (Å²) in [5.41, 5.74) is 1.82. The maximum absolute atomic E-state index is 8.87. The Morgan fingerprint density at radius 2 is 1.19 bits per heavy atom. The molecule has 2 aliphatic carbocycles. The third-order valence-electron chi connectivity index (χ3n) is 2.81. The first-order valence-corrected chi connectivity index (χ1v) is 6.18. The van der Waals surface area contributed by atoms with Crippen LogP contribution in [0.4, 0.5) is 0 Å². The van der Waals surface area contributed by atoms with Gasteiger partial charge in [0.2, 0.25) is 0 Å². The third-order valence-corrected chi connectivity index (χ3v) is 2.81. The van der Waals surface area contributed by atoms with E-state index in [1.165, 1.54) is 0 Å². The van der Waals surface area contributed by atoms with Crippen LogP contribution in [0.1, 0.15) is 16.7 Å². The molecule has 2 nitrogen and oxygen atoms in total. The molecular formula is C18H12FeN2. The van der Waals surface area contributed by atoms with Crippen molar-refractivity contribution < 1.29 is 17.1 Å². The van der Waals surface area contributed by atoms with E-state index in [4.69, 9.17) is 10.5 Å². The molecule has 0 atom stereocenters.